The Kier molecular flexibility index (Phi) is 4.52. The number of rotatable bonds is 6. The molecule has 2 aromatic rings. The van der Waals surface area contributed by atoms with Crippen LogP contribution in [0.4, 0.5) is 4.39 Å². The fourth-order valence-corrected chi connectivity index (χ4v) is 2.01. The van der Waals surface area contributed by atoms with Gasteiger partial charge in [-0.3, -0.25) is 0 Å². The molecule has 1 atom stereocenters. The zero-order chi connectivity index (χ0) is 13.7. The highest BCUT2D eigenvalue weighted by molar-refractivity contribution is 5.39. The van der Waals surface area contributed by atoms with Crippen LogP contribution in [0.1, 0.15) is 30.8 Å². The predicted molar refractivity (Wildman–Crippen MR) is 71.7 cm³/mol. The van der Waals surface area contributed by atoms with E-state index in [2.05, 4.69) is 22.2 Å². The summed E-state index contributed by atoms with van der Waals surface area (Å²) < 4.78 is 18.8. The van der Waals surface area contributed by atoms with Gasteiger partial charge in [0.15, 0.2) is 0 Å². The maximum atomic E-state index is 13.5. The van der Waals surface area contributed by atoms with Gasteiger partial charge in [-0.05, 0) is 31.2 Å². The molecule has 0 aliphatic carbocycles. The fourth-order valence-electron chi connectivity index (χ4n) is 2.01. The van der Waals surface area contributed by atoms with Crippen LogP contribution in [0.25, 0.3) is 0 Å². The van der Waals surface area contributed by atoms with E-state index in [1.54, 1.807) is 25.6 Å². The lowest BCUT2D eigenvalue weighted by Crippen LogP contribution is -2.24. The number of aromatic amines is 1. The minimum atomic E-state index is -0.286. The Bertz CT molecular complexity index is 513. The van der Waals surface area contributed by atoms with Gasteiger partial charge in [-0.2, -0.15) is 0 Å². The van der Waals surface area contributed by atoms with Crippen LogP contribution in [0.15, 0.2) is 30.6 Å². The van der Waals surface area contributed by atoms with E-state index >= 15 is 0 Å². The zero-order valence-corrected chi connectivity index (χ0v) is 11.1. The van der Waals surface area contributed by atoms with E-state index in [9.17, 15) is 4.39 Å². The smallest absolute Gasteiger partial charge is 0.127 e. The summed E-state index contributed by atoms with van der Waals surface area (Å²) in [5.74, 6) is 1.11. The average Bonchev–Trinajstić information content (AvgIpc) is 2.93. The van der Waals surface area contributed by atoms with Crippen molar-refractivity contribution in [2.45, 2.75) is 19.4 Å². The van der Waals surface area contributed by atoms with Crippen LogP contribution < -0.4 is 10.1 Å². The maximum absolute atomic E-state index is 13.5. The number of hydrogen-bond acceptors (Lipinski definition) is 3. The fraction of sp³-hybridized carbons (Fsp3) is 0.357. The second-order valence-corrected chi connectivity index (χ2v) is 4.25. The summed E-state index contributed by atoms with van der Waals surface area (Å²) in [6.45, 7) is 2.89. The molecule has 0 spiro atoms. The third-order valence-corrected chi connectivity index (χ3v) is 2.89. The lowest BCUT2D eigenvalue weighted by Gasteiger charge is -2.19. The molecule has 0 aliphatic rings. The minimum Gasteiger partial charge on any atom is -0.496 e. The second kappa shape index (κ2) is 6.33. The Balaban J connectivity index is 2.39. The monoisotopic (exact) mass is 263 g/mol. The quantitative estimate of drug-likeness (QED) is 0.842. The van der Waals surface area contributed by atoms with Gasteiger partial charge in [-0.25, -0.2) is 9.37 Å². The van der Waals surface area contributed by atoms with Crippen LogP contribution in [-0.2, 0) is 0 Å². The summed E-state index contributed by atoms with van der Waals surface area (Å²) >= 11 is 0. The molecule has 1 aromatic carbocycles. The molecule has 2 N–H and O–H groups in total. The van der Waals surface area contributed by atoms with Gasteiger partial charge in [-0.1, -0.05) is 6.92 Å². The molecule has 0 radical (unpaired) electrons. The number of benzene rings is 1. The summed E-state index contributed by atoms with van der Waals surface area (Å²) in [6, 6.07) is 4.30. The van der Waals surface area contributed by atoms with Gasteiger partial charge in [-0.15, -0.1) is 0 Å². The topological polar surface area (TPSA) is 49.9 Å². The Hall–Kier alpha value is -1.88. The van der Waals surface area contributed by atoms with Crippen molar-refractivity contribution in [3.8, 4) is 5.75 Å². The zero-order valence-electron chi connectivity index (χ0n) is 11.1. The van der Waals surface area contributed by atoms with Crippen LogP contribution in [-0.4, -0.2) is 23.6 Å². The lowest BCUT2D eigenvalue weighted by atomic mass is 10.0. The Morgan fingerprint density at radius 2 is 2.32 bits per heavy atom. The molecule has 0 amide bonds. The number of imidazole rings is 1. The summed E-state index contributed by atoms with van der Waals surface area (Å²) in [4.78, 5) is 7.32. The number of ether oxygens (including phenoxy) is 1. The Morgan fingerprint density at radius 1 is 1.47 bits per heavy atom. The van der Waals surface area contributed by atoms with Gasteiger partial charge < -0.3 is 15.0 Å². The van der Waals surface area contributed by atoms with Gasteiger partial charge >= 0.3 is 0 Å². The first-order valence-electron chi connectivity index (χ1n) is 6.32. The highest BCUT2D eigenvalue weighted by Gasteiger charge is 2.20. The van der Waals surface area contributed by atoms with Crippen LogP contribution in [0.5, 0.6) is 5.75 Å². The third-order valence-electron chi connectivity index (χ3n) is 2.89. The van der Waals surface area contributed by atoms with E-state index in [4.69, 9.17) is 4.74 Å². The van der Waals surface area contributed by atoms with Gasteiger partial charge in [0.2, 0.25) is 0 Å². The molecule has 1 heterocycles. The van der Waals surface area contributed by atoms with Gasteiger partial charge in [0.1, 0.15) is 17.4 Å². The highest BCUT2D eigenvalue weighted by Crippen LogP contribution is 2.29. The maximum Gasteiger partial charge on any atom is 0.127 e. The van der Waals surface area contributed by atoms with Crippen molar-refractivity contribution < 1.29 is 9.13 Å². The van der Waals surface area contributed by atoms with Crippen molar-refractivity contribution in [3.63, 3.8) is 0 Å². The van der Waals surface area contributed by atoms with E-state index in [-0.39, 0.29) is 11.9 Å². The number of methoxy groups -OCH3 is 1. The van der Waals surface area contributed by atoms with Crippen molar-refractivity contribution in [1.82, 2.24) is 15.3 Å². The first-order chi connectivity index (χ1) is 9.26. The largest absolute Gasteiger partial charge is 0.496 e. The predicted octanol–water partition coefficient (Wildman–Crippen LogP) is 2.65. The normalized spacial score (nSPS) is 12.4. The highest BCUT2D eigenvalue weighted by atomic mass is 19.1. The number of nitrogens with zero attached hydrogens (tertiary/aromatic N) is 1. The third kappa shape index (κ3) is 3.12. The second-order valence-electron chi connectivity index (χ2n) is 4.25. The molecule has 102 valence electrons. The van der Waals surface area contributed by atoms with Crippen LogP contribution in [0.2, 0.25) is 0 Å². The van der Waals surface area contributed by atoms with Crippen LogP contribution >= 0.6 is 0 Å². The Morgan fingerprint density at radius 3 is 2.95 bits per heavy atom. The van der Waals surface area contributed by atoms with E-state index in [0.29, 0.717) is 5.75 Å². The molecule has 19 heavy (non-hydrogen) atoms. The van der Waals surface area contributed by atoms with E-state index in [1.807, 2.05) is 0 Å². The summed E-state index contributed by atoms with van der Waals surface area (Å²) in [7, 11) is 1.58. The van der Waals surface area contributed by atoms with Crippen molar-refractivity contribution in [3.05, 3.63) is 47.8 Å². The standard InChI is InChI=1S/C14H18FN3O/c1-3-6-16-13(14-17-7-8-18-14)11-9-10(15)4-5-12(11)19-2/h4-5,7-9,13,16H,3,6H2,1-2H3,(H,17,18). The van der Waals surface area contributed by atoms with E-state index < -0.39 is 0 Å². The first-order valence-corrected chi connectivity index (χ1v) is 6.32. The molecular weight excluding hydrogens is 245 g/mol. The van der Waals surface area contributed by atoms with Crippen LogP contribution in [0.3, 0.4) is 0 Å². The minimum absolute atomic E-state index is 0.208. The summed E-state index contributed by atoms with van der Waals surface area (Å²) in [5, 5.41) is 3.35. The molecule has 4 nitrogen and oxygen atoms in total. The van der Waals surface area contributed by atoms with Crippen LogP contribution in [0, 0.1) is 5.82 Å². The van der Waals surface area contributed by atoms with Crippen molar-refractivity contribution in [2.75, 3.05) is 13.7 Å². The van der Waals surface area contributed by atoms with Gasteiger partial charge in [0.05, 0.1) is 13.2 Å². The number of nitrogens with one attached hydrogen (secondary N) is 2. The molecular formula is C14H18FN3O. The van der Waals surface area contributed by atoms with E-state index in [0.717, 1.165) is 24.4 Å². The molecule has 0 saturated heterocycles. The first kappa shape index (κ1) is 13.5. The molecule has 0 fully saturated rings. The molecule has 0 bridgehead atoms. The summed E-state index contributed by atoms with van der Waals surface area (Å²) in [5.41, 5.74) is 0.742. The lowest BCUT2D eigenvalue weighted by molar-refractivity contribution is 0.401. The van der Waals surface area contributed by atoms with Crippen molar-refractivity contribution >= 4 is 0 Å². The summed E-state index contributed by atoms with van der Waals surface area (Å²) in [6.07, 6.45) is 4.41. The van der Waals surface area contributed by atoms with E-state index in [1.165, 1.54) is 12.1 Å². The molecule has 5 heteroatoms. The number of halogens is 1. The van der Waals surface area contributed by atoms with Crippen molar-refractivity contribution in [2.24, 2.45) is 0 Å². The number of hydrogen-bond donors (Lipinski definition) is 2. The molecule has 0 saturated carbocycles. The van der Waals surface area contributed by atoms with Crippen molar-refractivity contribution in [1.29, 1.82) is 0 Å². The van der Waals surface area contributed by atoms with Gasteiger partial charge in [0.25, 0.3) is 0 Å². The molecule has 1 unspecified atom stereocenters. The number of aromatic nitrogens is 2. The molecule has 2 rings (SSSR count). The molecule has 1 aromatic heterocycles. The SMILES string of the molecule is CCCNC(c1ncc[nH]1)c1cc(F)ccc1OC. The molecule has 0 aliphatic heterocycles. The van der Waals surface area contributed by atoms with Gasteiger partial charge in [0, 0.05) is 18.0 Å². The average molecular weight is 263 g/mol. The number of H-pyrrole nitrogens is 1. The Labute approximate surface area is 112 Å².